The van der Waals surface area contributed by atoms with Crippen LogP contribution in [0, 0.1) is 30.6 Å². The monoisotopic (exact) mass is 360 g/mol. The van der Waals surface area contributed by atoms with E-state index in [1.807, 2.05) is 6.07 Å². The van der Waals surface area contributed by atoms with Gasteiger partial charge in [0.05, 0.1) is 23.0 Å². The number of pyridine rings is 1. The minimum Gasteiger partial charge on any atom is -0.398 e. The van der Waals surface area contributed by atoms with Gasteiger partial charge in [-0.3, -0.25) is 10.2 Å². The van der Waals surface area contributed by atoms with Crippen LogP contribution in [0.4, 0.5) is 11.4 Å². The van der Waals surface area contributed by atoms with Gasteiger partial charge < -0.3 is 15.6 Å². The van der Waals surface area contributed by atoms with Gasteiger partial charge in [0.2, 0.25) is 0 Å². The van der Waals surface area contributed by atoms with E-state index in [4.69, 9.17) is 20.9 Å². The molecular formula is C19H16N6O2. The first-order valence-electron chi connectivity index (χ1n) is 7.99. The predicted octanol–water partition coefficient (Wildman–Crippen LogP) is 2.81. The summed E-state index contributed by atoms with van der Waals surface area (Å²) in [6, 6.07) is 8.45. The first-order chi connectivity index (χ1) is 12.9. The van der Waals surface area contributed by atoms with Gasteiger partial charge in [-0.1, -0.05) is 5.16 Å². The number of nitrogens with zero attached hydrogens (tertiary/aromatic N) is 3. The lowest BCUT2D eigenvalue weighted by Gasteiger charge is -2.11. The smallest absolute Gasteiger partial charge is 0.274 e. The van der Waals surface area contributed by atoms with Crippen molar-refractivity contribution in [2.24, 2.45) is 0 Å². The fourth-order valence-corrected chi connectivity index (χ4v) is 2.60. The SMILES string of the molecule is Cc1cc(C#N)cnc1C(=O)Nc1ccc(N)c(C(=N)c2cnoc2C)c1. The summed E-state index contributed by atoms with van der Waals surface area (Å²) in [7, 11) is 0. The van der Waals surface area contributed by atoms with Gasteiger partial charge in [0.1, 0.15) is 17.5 Å². The summed E-state index contributed by atoms with van der Waals surface area (Å²) >= 11 is 0. The number of anilines is 2. The molecule has 8 nitrogen and oxygen atoms in total. The van der Waals surface area contributed by atoms with Crippen LogP contribution in [-0.2, 0) is 0 Å². The van der Waals surface area contributed by atoms with Crippen LogP contribution >= 0.6 is 0 Å². The molecule has 1 aromatic carbocycles. The summed E-state index contributed by atoms with van der Waals surface area (Å²) in [5.41, 5.74) is 9.17. The number of nitrogens with two attached hydrogens (primary N) is 1. The van der Waals surface area contributed by atoms with Crippen molar-refractivity contribution in [1.29, 1.82) is 10.7 Å². The Hall–Kier alpha value is -3.99. The third-order valence-corrected chi connectivity index (χ3v) is 4.02. The zero-order chi connectivity index (χ0) is 19.6. The summed E-state index contributed by atoms with van der Waals surface area (Å²) in [4.78, 5) is 16.6. The number of hydrogen-bond acceptors (Lipinski definition) is 7. The van der Waals surface area contributed by atoms with Crippen LogP contribution in [-0.4, -0.2) is 21.8 Å². The van der Waals surface area contributed by atoms with E-state index in [0.29, 0.717) is 39.4 Å². The Kier molecular flexibility index (Phi) is 4.68. The summed E-state index contributed by atoms with van der Waals surface area (Å²) < 4.78 is 5.00. The molecule has 2 heterocycles. The number of carbonyl (C=O) groups is 1. The quantitative estimate of drug-likeness (QED) is 0.482. The van der Waals surface area contributed by atoms with Crippen molar-refractivity contribution in [2.45, 2.75) is 13.8 Å². The highest BCUT2D eigenvalue weighted by atomic mass is 16.5. The van der Waals surface area contributed by atoms with Gasteiger partial charge in [0.15, 0.2) is 0 Å². The normalized spacial score (nSPS) is 10.3. The minimum atomic E-state index is -0.416. The highest BCUT2D eigenvalue weighted by Gasteiger charge is 2.16. The summed E-state index contributed by atoms with van der Waals surface area (Å²) in [6.07, 6.45) is 2.80. The molecule has 0 saturated heterocycles. The fraction of sp³-hybridized carbons (Fsp3) is 0.105. The molecule has 0 radical (unpaired) electrons. The van der Waals surface area contributed by atoms with Gasteiger partial charge in [-0.05, 0) is 43.7 Å². The van der Waals surface area contributed by atoms with Crippen LogP contribution in [0.3, 0.4) is 0 Å². The standard InChI is InChI=1S/C19H16N6O2/c1-10-5-12(7-20)8-23-18(10)19(26)25-13-3-4-16(21)14(6-13)17(22)15-9-24-27-11(15)2/h3-6,8-9,22H,21H2,1-2H3,(H,25,26). The van der Waals surface area contributed by atoms with Crippen molar-refractivity contribution < 1.29 is 9.32 Å². The van der Waals surface area contributed by atoms with Gasteiger partial charge in [-0.2, -0.15) is 5.26 Å². The van der Waals surface area contributed by atoms with Crippen LogP contribution in [0.2, 0.25) is 0 Å². The molecule has 8 heteroatoms. The van der Waals surface area contributed by atoms with E-state index in [1.165, 1.54) is 12.4 Å². The minimum absolute atomic E-state index is 0.148. The maximum absolute atomic E-state index is 12.5. The number of carbonyl (C=O) groups excluding carboxylic acids is 1. The topological polar surface area (TPSA) is 142 Å². The molecule has 2 aromatic heterocycles. The second-order valence-electron chi connectivity index (χ2n) is 5.93. The van der Waals surface area contributed by atoms with Crippen molar-refractivity contribution in [3.63, 3.8) is 0 Å². The lowest BCUT2D eigenvalue weighted by atomic mass is 10.0. The third kappa shape index (κ3) is 3.52. The Balaban J connectivity index is 1.88. The lowest BCUT2D eigenvalue weighted by molar-refractivity contribution is 0.102. The Labute approximate surface area is 155 Å². The van der Waals surface area contributed by atoms with Gasteiger partial charge in [0, 0.05) is 23.1 Å². The fourth-order valence-electron chi connectivity index (χ4n) is 2.60. The molecule has 0 aliphatic carbocycles. The average Bonchev–Trinajstić information content (AvgIpc) is 3.08. The lowest BCUT2D eigenvalue weighted by Crippen LogP contribution is -2.16. The highest BCUT2D eigenvalue weighted by Crippen LogP contribution is 2.23. The molecule has 0 saturated carbocycles. The van der Waals surface area contributed by atoms with E-state index < -0.39 is 5.91 Å². The Morgan fingerprint density at radius 1 is 1.26 bits per heavy atom. The maximum atomic E-state index is 12.5. The number of aromatic nitrogens is 2. The molecule has 0 aliphatic rings. The Morgan fingerprint density at radius 2 is 2.04 bits per heavy atom. The molecule has 1 amide bonds. The average molecular weight is 360 g/mol. The van der Waals surface area contributed by atoms with E-state index >= 15 is 0 Å². The molecule has 27 heavy (non-hydrogen) atoms. The van der Waals surface area contributed by atoms with Crippen molar-refractivity contribution in [2.75, 3.05) is 11.1 Å². The van der Waals surface area contributed by atoms with Gasteiger partial charge in [-0.15, -0.1) is 0 Å². The summed E-state index contributed by atoms with van der Waals surface area (Å²) in [5, 5.41) is 23.7. The molecular weight excluding hydrogens is 344 g/mol. The van der Waals surface area contributed by atoms with Crippen LogP contribution in [0.25, 0.3) is 0 Å². The molecule has 134 valence electrons. The number of nitrogen functional groups attached to an aromatic ring is 1. The Bertz CT molecular complexity index is 1090. The Morgan fingerprint density at radius 3 is 2.67 bits per heavy atom. The largest absolute Gasteiger partial charge is 0.398 e. The molecule has 0 bridgehead atoms. The van der Waals surface area contributed by atoms with E-state index in [9.17, 15) is 4.79 Å². The van der Waals surface area contributed by atoms with Gasteiger partial charge in [-0.25, -0.2) is 4.98 Å². The second kappa shape index (κ2) is 7.09. The molecule has 0 unspecified atom stereocenters. The summed E-state index contributed by atoms with van der Waals surface area (Å²) in [5.74, 6) is 0.0895. The number of rotatable bonds is 4. The van der Waals surface area contributed by atoms with Crippen molar-refractivity contribution in [1.82, 2.24) is 10.1 Å². The number of nitrogens with one attached hydrogen (secondary N) is 2. The second-order valence-corrected chi connectivity index (χ2v) is 5.93. The van der Waals surface area contributed by atoms with E-state index in [0.717, 1.165) is 0 Å². The van der Waals surface area contributed by atoms with E-state index in [1.54, 1.807) is 38.1 Å². The molecule has 0 aliphatic heterocycles. The van der Waals surface area contributed by atoms with Gasteiger partial charge in [0.25, 0.3) is 5.91 Å². The summed E-state index contributed by atoms with van der Waals surface area (Å²) in [6.45, 7) is 3.42. The molecule has 0 fully saturated rings. The molecule has 0 spiro atoms. The first-order valence-corrected chi connectivity index (χ1v) is 7.99. The zero-order valence-corrected chi connectivity index (χ0v) is 14.7. The molecule has 4 N–H and O–H groups in total. The van der Waals surface area contributed by atoms with Crippen molar-refractivity contribution >= 4 is 23.0 Å². The van der Waals surface area contributed by atoms with Crippen LogP contribution in [0.1, 0.15) is 38.5 Å². The molecule has 3 aromatic rings. The molecule has 0 atom stereocenters. The number of hydrogen-bond donors (Lipinski definition) is 3. The van der Waals surface area contributed by atoms with Crippen LogP contribution < -0.4 is 11.1 Å². The number of nitriles is 1. The van der Waals surface area contributed by atoms with Crippen molar-refractivity contribution in [3.05, 3.63) is 70.4 Å². The number of aryl methyl sites for hydroxylation is 2. The zero-order valence-electron chi connectivity index (χ0n) is 14.7. The third-order valence-electron chi connectivity index (χ3n) is 4.02. The maximum Gasteiger partial charge on any atom is 0.274 e. The van der Waals surface area contributed by atoms with Gasteiger partial charge >= 0.3 is 0 Å². The van der Waals surface area contributed by atoms with Crippen LogP contribution in [0.5, 0.6) is 0 Å². The van der Waals surface area contributed by atoms with E-state index in [2.05, 4.69) is 15.5 Å². The van der Waals surface area contributed by atoms with Crippen LogP contribution in [0.15, 0.2) is 41.2 Å². The van der Waals surface area contributed by atoms with Crippen molar-refractivity contribution in [3.8, 4) is 6.07 Å². The first kappa shape index (κ1) is 17.8. The number of amides is 1. The van der Waals surface area contributed by atoms with E-state index in [-0.39, 0.29) is 11.4 Å². The highest BCUT2D eigenvalue weighted by molar-refractivity contribution is 6.15. The molecule has 3 rings (SSSR count). The number of benzene rings is 1. The predicted molar refractivity (Wildman–Crippen MR) is 99.7 cm³/mol.